The van der Waals surface area contributed by atoms with Crippen LogP contribution in [0, 0.1) is 17.7 Å². The van der Waals surface area contributed by atoms with Crippen LogP contribution in [0.25, 0.3) is 10.9 Å². The van der Waals surface area contributed by atoms with Crippen molar-refractivity contribution in [3.05, 3.63) is 44.5 Å². The number of hydrogen-bond donors (Lipinski definition) is 4. The number of aromatic carboxylic acids is 1. The smallest absolute Gasteiger partial charge is 0.407 e. The number of methoxy groups -OCH3 is 1. The third-order valence-electron chi connectivity index (χ3n) is 9.08. The molecule has 4 heterocycles. The molecule has 2 saturated heterocycles. The van der Waals surface area contributed by atoms with E-state index in [-0.39, 0.29) is 46.0 Å². The Balaban J connectivity index is 1.15. The van der Waals surface area contributed by atoms with E-state index in [1.54, 1.807) is 16.4 Å². The molecule has 1 aromatic carbocycles. The summed E-state index contributed by atoms with van der Waals surface area (Å²) in [5, 5.41) is 31.2. The lowest BCUT2D eigenvalue weighted by Gasteiger charge is -2.43. The number of amides is 2. The number of carbonyl (C=O) groups excluding carboxylic acids is 2. The number of nitrogens with one attached hydrogen (secondary N) is 1. The number of fused-ring (bicyclic) bond motifs is 2. The Morgan fingerprint density at radius 3 is 2.48 bits per heavy atom. The van der Waals surface area contributed by atoms with Gasteiger partial charge in [-0.3, -0.25) is 14.5 Å². The molecule has 46 heavy (non-hydrogen) atoms. The molecule has 3 aliphatic heterocycles. The lowest BCUT2D eigenvalue weighted by atomic mass is 9.92. The first-order valence-corrected chi connectivity index (χ1v) is 15.7. The molecule has 0 radical (unpaired) electrons. The molecule has 4 aliphatic rings. The van der Waals surface area contributed by atoms with Gasteiger partial charge >= 0.3 is 18.0 Å². The number of hydrogen-bond acceptors (Lipinski definition) is 10. The Morgan fingerprint density at radius 1 is 1.15 bits per heavy atom. The van der Waals surface area contributed by atoms with Gasteiger partial charge in [0.15, 0.2) is 11.6 Å². The molecule has 1 aliphatic carbocycles. The Hall–Kier alpha value is -4.31. The van der Waals surface area contributed by atoms with Gasteiger partial charge in [0, 0.05) is 31.4 Å². The van der Waals surface area contributed by atoms with E-state index < -0.39 is 64.2 Å². The summed E-state index contributed by atoms with van der Waals surface area (Å²) < 4.78 is 28.4. The highest BCUT2D eigenvalue weighted by Gasteiger charge is 2.57. The van der Waals surface area contributed by atoms with E-state index in [0.29, 0.717) is 25.0 Å². The van der Waals surface area contributed by atoms with E-state index in [9.17, 15) is 39.3 Å². The minimum absolute atomic E-state index is 0.0348. The SMILES string of the molecule is COc1c(N2CC[C@@H]([C@H](C)NC(=O)OCC3=C(C(=O)O)N4C(=O)[C@H]([C@@H](C)O)[C@H]4S3)C2)c(F)cc2c(=O)c(C(=O)O)cn(C3CC3)c12. The Morgan fingerprint density at radius 2 is 1.87 bits per heavy atom. The van der Waals surface area contributed by atoms with Crippen molar-refractivity contribution in [1.29, 1.82) is 0 Å². The number of thioether (sulfide) groups is 1. The normalized spacial score (nSPS) is 23.7. The Labute approximate surface area is 265 Å². The second kappa shape index (κ2) is 11.8. The molecule has 14 nitrogen and oxygen atoms in total. The van der Waals surface area contributed by atoms with Gasteiger partial charge in [0.05, 0.1) is 34.9 Å². The summed E-state index contributed by atoms with van der Waals surface area (Å²) in [5.41, 5.74) is -1.01. The first-order valence-electron chi connectivity index (χ1n) is 14.8. The number of carboxylic acids is 2. The first kappa shape index (κ1) is 31.7. The second-order valence-electron chi connectivity index (χ2n) is 12.0. The Bertz CT molecular complexity index is 1760. The van der Waals surface area contributed by atoms with Gasteiger partial charge in [-0.05, 0) is 45.1 Å². The molecule has 2 amide bonds. The van der Waals surface area contributed by atoms with Gasteiger partial charge in [-0.1, -0.05) is 11.8 Å². The molecule has 6 rings (SSSR count). The van der Waals surface area contributed by atoms with Crippen molar-refractivity contribution in [2.75, 3.05) is 31.7 Å². The number of pyridine rings is 1. The third-order valence-corrected chi connectivity index (χ3v) is 10.4. The largest absolute Gasteiger partial charge is 0.492 e. The van der Waals surface area contributed by atoms with Crippen molar-refractivity contribution in [3.63, 3.8) is 0 Å². The van der Waals surface area contributed by atoms with Crippen LogP contribution >= 0.6 is 11.8 Å². The predicted molar refractivity (Wildman–Crippen MR) is 162 cm³/mol. The molecule has 0 spiro atoms. The summed E-state index contributed by atoms with van der Waals surface area (Å²) in [5.74, 6) is -4.71. The van der Waals surface area contributed by atoms with Gasteiger partial charge in [0.25, 0.3) is 0 Å². The number of benzene rings is 1. The quantitative estimate of drug-likeness (QED) is 0.273. The number of aliphatic carboxylic acids is 1. The van der Waals surface area contributed by atoms with Crippen LogP contribution in [-0.4, -0.2) is 93.1 Å². The fraction of sp³-hybridized carbons (Fsp3) is 0.500. The second-order valence-corrected chi connectivity index (χ2v) is 13.2. The predicted octanol–water partition coefficient (Wildman–Crippen LogP) is 2.33. The maximum absolute atomic E-state index is 15.7. The molecule has 246 valence electrons. The number of carboxylic acid groups (broad SMARTS) is 2. The number of rotatable bonds is 10. The van der Waals surface area contributed by atoms with Crippen LogP contribution in [0.3, 0.4) is 0 Å². The molecule has 1 aromatic heterocycles. The summed E-state index contributed by atoms with van der Waals surface area (Å²) in [4.78, 5) is 64.8. The van der Waals surface area contributed by atoms with E-state index in [2.05, 4.69) is 5.32 Å². The minimum atomic E-state index is -1.39. The standard InChI is InChI=1S/C30H33FN4O10S/c1-12(32-30(43)45-11-19-23(29(41)42)35-26(38)20(13(2)36)27(35)46-19)14-6-7-33(9-14)22-18(31)8-16-21(25(22)44-3)34(15-4-5-15)10-17(24(16)37)28(39)40/h8,10,12-15,20,27,36H,4-7,9,11H2,1-3H3,(H,32,43)(H,39,40)(H,41,42)/t12-,13+,14+,20-,27+/m0/s1. The molecule has 3 fully saturated rings. The molecule has 2 aromatic rings. The number of nitrogens with zero attached hydrogens (tertiary/aromatic N) is 3. The number of β-lactam (4-membered cyclic amide) rings is 1. The molecular formula is C30H33FN4O10S. The highest BCUT2D eigenvalue weighted by atomic mass is 32.2. The van der Waals surface area contributed by atoms with Gasteiger partial charge in [0.2, 0.25) is 11.3 Å². The van der Waals surface area contributed by atoms with E-state index in [0.717, 1.165) is 35.6 Å². The van der Waals surface area contributed by atoms with Gasteiger partial charge in [-0.15, -0.1) is 0 Å². The van der Waals surface area contributed by atoms with Crippen LogP contribution in [0.1, 0.15) is 49.5 Å². The maximum atomic E-state index is 15.7. The number of anilines is 1. The number of aromatic nitrogens is 1. The van der Waals surface area contributed by atoms with Crippen molar-refractivity contribution in [3.8, 4) is 5.75 Å². The van der Waals surface area contributed by atoms with Crippen LogP contribution in [0.4, 0.5) is 14.9 Å². The third kappa shape index (κ3) is 5.22. The van der Waals surface area contributed by atoms with Crippen molar-refractivity contribution >= 4 is 52.3 Å². The topological polar surface area (TPSA) is 188 Å². The highest BCUT2D eigenvalue weighted by molar-refractivity contribution is 8.04. The zero-order valence-corrected chi connectivity index (χ0v) is 26.0. The number of ether oxygens (including phenoxy) is 2. The number of aliphatic hydroxyl groups excluding tert-OH is 1. The van der Waals surface area contributed by atoms with Crippen molar-refractivity contribution in [2.24, 2.45) is 11.8 Å². The minimum Gasteiger partial charge on any atom is -0.492 e. The van der Waals surface area contributed by atoms with E-state index in [4.69, 9.17) is 9.47 Å². The fourth-order valence-electron chi connectivity index (χ4n) is 6.55. The summed E-state index contributed by atoms with van der Waals surface area (Å²) in [6.07, 6.45) is 1.68. The number of aliphatic hydroxyl groups is 1. The lowest BCUT2D eigenvalue weighted by molar-refractivity contribution is -0.156. The van der Waals surface area contributed by atoms with Gasteiger partial charge in [-0.2, -0.15) is 0 Å². The van der Waals surface area contributed by atoms with Crippen LogP contribution < -0.4 is 20.4 Å². The van der Waals surface area contributed by atoms with E-state index >= 15 is 4.39 Å². The molecule has 0 unspecified atom stereocenters. The first-order chi connectivity index (χ1) is 21.8. The summed E-state index contributed by atoms with van der Waals surface area (Å²) in [6, 6.07) is 0.598. The molecule has 1 saturated carbocycles. The van der Waals surface area contributed by atoms with Crippen LogP contribution in [0.15, 0.2) is 27.7 Å². The zero-order valence-electron chi connectivity index (χ0n) is 25.2. The van der Waals surface area contributed by atoms with Crippen molar-refractivity contribution in [2.45, 2.75) is 56.7 Å². The summed E-state index contributed by atoms with van der Waals surface area (Å²) >= 11 is 1.07. The average Bonchev–Trinajstić information content (AvgIpc) is 3.62. The maximum Gasteiger partial charge on any atom is 0.407 e. The average molecular weight is 661 g/mol. The molecular weight excluding hydrogens is 627 g/mol. The fourth-order valence-corrected chi connectivity index (χ4v) is 8.08. The van der Waals surface area contributed by atoms with Gasteiger partial charge in [0.1, 0.15) is 28.9 Å². The van der Waals surface area contributed by atoms with E-state index in [1.165, 1.54) is 20.2 Å². The van der Waals surface area contributed by atoms with Crippen LogP contribution in [-0.2, 0) is 14.3 Å². The molecule has 5 atom stereocenters. The molecule has 4 N–H and O–H groups in total. The monoisotopic (exact) mass is 660 g/mol. The zero-order chi connectivity index (χ0) is 33.2. The van der Waals surface area contributed by atoms with Gasteiger partial charge in [-0.25, -0.2) is 18.8 Å². The highest BCUT2D eigenvalue weighted by Crippen LogP contribution is 2.50. The Kier molecular flexibility index (Phi) is 8.13. The summed E-state index contributed by atoms with van der Waals surface area (Å²) in [7, 11) is 1.37. The van der Waals surface area contributed by atoms with Crippen molar-refractivity contribution in [1.82, 2.24) is 14.8 Å². The molecule has 16 heteroatoms. The van der Waals surface area contributed by atoms with Crippen LogP contribution in [0.5, 0.6) is 5.75 Å². The lowest BCUT2D eigenvalue weighted by Crippen LogP contribution is -2.60. The summed E-state index contributed by atoms with van der Waals surface area (Å²) in [6.45, 7) is 3.59. The van der Waals surface area contributed by atoms with Crippen molar-refractivity contribution < 1.29 is 48.4 Å². The van der Waals surface area contributed by atoms with Crippen LogP contribution in [0.2, 0.25) is 0 Å². The number of carbonyl (C=O) groups is 4. The number of alkyl carbamates (subject to hydrolysis) is 1. The molecule has 0 bridgehead atoms. The number of halogens is 1. The van der Waals surface area contributed by atoms with Gasteiger partial charge < -0.3 is 39.6 Å². The van der Waals surface area contributed by atoms with E-state index in [1.807, 2.05) is 0 Å².